The molecule has 1 aromatic carbocycles. The quantitative estimate of drug-likeness (QED) is 0.707. The fourth-order valence-electron chi connectivity index (χ4n) is 2.15. The minimum Gasteiger partial charge on any atom is -0.493 e. The van der Waals surface area contributed by atoms with E-state index in [0.29, 0.717) is 6.04 Å². The van der Waals surface area contributed by atoms with Gasteiger partial charge in [0.15, 0.2) is 0 Å². The zero-order valence-electron chi connectivity index (χ0n) is 12.3. The predicted octanol–water partition coefficient (Wildman–Crippen LogP) is 3.85. The molecule has 0 aliphatic rings. The van der Waals surface area contributed by atoms with E-state index in [2.05, 4.69) is 51.2 Å². The predicted molar refractivity (Wildman–Crippen MR) is 78.4 cm³/mol. The van der Waals surface area contributed by atoms with E-state index in [1.807, 2.05) is 0 Å². The van der Waals surface area contributed by atoms with Crippen molar-refractivity contribution in [3.8, 4) is 5.75 Å². The lowest BCUT2D eigenvalue weighted by Gasteiger charge is -2.12. The number of hydrogen-bond donors (Lipinski definition) is 1. The van der Waals surface area contributed by atoms with Gasteiger partial charge in [-0.25, -0.2) is 0 Å². The average molecular weight is 249 g/mol. The van der Waals surface area contributed by atoms with E-state index in [1.54, 1.807) is 0 Å². The number of unbranched alkanes of at least 4 members (excludes halogenated alkanes) is 1. The second-order valence-electron chi connectivity index (χ2n) is 5.07. The second kappa shape index (κ2) is 8.15. The summed E-state index contributed by atoms with van der Waals surface area (Å²) in [4.78, 5) is 0. The second-order valence-corrected chi connectivity index (χ2v) is 5.07. The number of ether oxygens (including phenoxy) is 1. The molecule has 0 saturated carbocycles. The largest absolute Gasteiger partial charge is 0.493 e. The summed E-state index contributed by atoms with van der Waals surface area (Å²) in [7, 11) is 0. The summed E-state index contributed by atoms with van der Waals surface area (Å²) in [6, 6.07) is 6.97. The van der Waals surface area contributed by atoms with Crippen molar-refractivity contribution in [3.63, 3.8) is 0 Å². The van der Waals surface area contributed by atoms with E-state index in [0.717, 1.165) is 25.3 Å². The van der Waals surface area contributed by atoms with E-state index in [4.69, 9.17) is 4.74 Å². The Labute approximate surface area is 112 Å². The average Bonchev–Trinajstić information content (AvgIpc) is 2.31. The van der Waals surface area contributed by atoms with Crippen LogP contribution in [0.4, 0.5) is 0 Å². The highest BCUT2D eigenvalue weighted by Crippen LogP contribution is 2.19. The Bertz CT molecular complexity index is 349. The van der Waals surface area contributed by atoms with Crippen molar-refractivity contribution >= 4 is 0 Å². The van der Waals surface area contributed by atoms with Crippen molar-refractivity contribution in [2.75, 3.05) is 13.2 Å². The fraction of sp³-hybridized carbons (Fsp3) is 0.625. The van der Waals surface area contributed by atoms with Gasteiger partial charge in [0, 0.05) is 6.04 Å². The molecule has 0 radical (unpaired) electrons. The summed E-state index contributed by atoms with van der Waals surface area (Å²) in [5, 5.41) is 3.43. The number of aryl methyl sites for hydroxylation is 2. The molecule has 0 saturated heterocycles. The molecule has 0 aliphatic carbocycles. The molecule has 18 heavy (non-hydrogen) atoms. The fourth-order valence-corrected chi connectivity index (χ4v) is 2.15. The smallest absolute Gasteiger partial charge is 0.122 e. The minimum atomic E-state index is 0.621. The van der Waals surface area contributed by atoms with Gasteiger partial charge in [0.2, 0.25) is 0 Å². The summed E-state index contributed by atoms with van der Waals surface area (Å²) in [5.41, 5.74) is 2.52. The zero-order chi connectivity index (χ0) is 13.4. The Balaban J connectivity index is 2.18. The van der Waals surface area contributed by atoms with Gasteiger partial charge in [-0.05, 0) is 58.2 Å². The molecule has 1 atom stereocenters. The van der Waals surface area contributed by atoms with Crippen LogP contribution < -0.4 is 10.1 Å². The third-order valence-electron chi connectivity index (χ3n) is 3.17. The van der Waals surface area contributed by atoms with Gasteiger partial charge in [-0.3, -0.25) is 0 Å². The standard InChI is InChI=1S/C16H27NO/c1-5-17-15(4)8-6-7-11-18-16-10-9-13(2)12-14(16)3/h9-10,12,15,17H,5-8,11H2,1-4H3. The Morgan fingerprint density at radius 1 is 1.22 bits per heavy atom. The van der Waals surface area contributed by atoms with Gasteiger partial charge in [0.25, 0.3) is 0 Å². The minimum absolute atomic E-state index is 0.621. The third-order valence-corrected chi connectivity index (χ3v) is 3.17. The molecule has 102 valence electrons. The van der Waals surface area contributed by atoms with Crippen LogP contribution in [0.2, 0.25) is 0 Å². The van der Waals surface area contributed by atoms with Crippen molar-refractivity contribution in [3.05, 3.63) is 29.3 Å². The summed E-state index contributed by atoms with van der Waals surface area (Å²) in [6.45, 7) is 10.5. The molecule has 0 spiro atoms. The maximum Gasteiger partial charge on any atom is 0.122 e. The molecule has 1 N–H and O–H groups in total. The number of hydrogen-bond acceptors (Lipinski definition) is 2. The number of benzene rings is 1. The zero-order valence-corrected chi connectivity index (χ0v) is 12.3. The van der Waals surface area contributed by atoms with Crippen LogP contribution in [0, 0.1) is 13.8 Å². The summed E-state index contributed by atoms with van der Waals surface area (Å²) in [6.07, 6.45) is 3.58. The Kier molecular flexibility index (Phi) is 6.81. The van der Waals surface area contributed by atoms with Crippen LogP contribution in [0.15, 0.2) is 18.2 Å². The van der Waals surface area contributed by atoms with Crippen molar-refractivity contribution in [2.45, 2.75) is 53.0 Å². The van der Waals surface area contributed by atoms with Gasteiger partial charge >= 0.3 is 0 Å². The molecule has 1 unspecified atom stereocenters. The Hall–Kier alpha value is -1.02. The third kappa shape index (κ3) is 5.54. The van der Waals surface area contributed by atoms with Gasteiger partial charge in [0.1, 0.15) is 5.75 Å². The molecule has 2 heteroatoms. The van der Waals surface area contributed by atoms with Gasteiger partial charge in [-0.1, -0.05) is 24.6 Å². The van der Waals surface area contributed by atoms with Crippen molar-refractivity contribution < 1.29 is 4.74 Å². The van der Waals surface area contributed by atoms with E-state index in [1.165, 1.54) is 24.0 Å². The van der Waals surface area contributed by atoms with Crippen LogP contribution in [-0.4, -0.2) is 19.2 Å². The van der Waals surface area contributed by atoms with Crippen LogP contribution in [0.5, 0.6) is 5.75 Å². The van der Waals surface area contributed by atoms with E-state index < -0.39 is 0 Å². The SMILES string of the molecule is CCNC(C)CCCCOc1ccc(C)cc1C. The van der Waals surface area contributed by atoms with E-state index >= 15 is 0 Å². The van der Waals surface area contributed by atoms with Gasteiger partial charge in [-0.15, -0.1) is 0 Å². The van der Waals surface area contributed by atoms with E-state index in [9.17, 15) is 0 Å². The normalized spacial score (nSPS) is 12.4. The van der Waals surface area contributed by atoms with Crippen molar-refractivity contribution in [1.82, 2.24) is 5.32 Å². The van der Waals surface area contributed by atoms with Crippen LogP contribution in [0.25, 0.3) is 0 Å². The highest BCUT2D eigenvalue weighted by Gasteiger charge is 2.01. The molecule has 1 aromatic rings. The van der Waals surface area contributed by atoms with Gasteiger partial charge in [-0.2, -0.15) is 0 Å². The highest BCUT2D eigenvalue weighted by atomic mass is 16.5. The molecule has 1 rings (SSSR count). The van der Waals surface area contributed by atoms with Gasteiger partial charge in [0.05, 0.1) is 6.61 Å². The maximum atomic E-state index is 5.81. The first kappa shape index (κ1) is 15.0. The molecule has 0 aromatic heterocycles. The first-order chi connectivity index (χ1) is 8.63. The van der Waals surface area contributed by atoms with E-state index in [-0.39, 0.29) is 0 Å². The molecule has 0 aliphatic heterocycles. The number of nitrogens with one attached hydrogen (secondary N) is 1. The molecular weight excluding hydrogens is 222 g/mol. The maximum absolute atomic E-state index is 5.81. The first-order valence-corrected chi connectivity index (χ1v) is 7.07. The Morgan fingerprint density at radius 2 is 2.00 bits per heavy atom. The van der Waals surface area contributed by atoms with Crippen LogP contribution >= 0.6 is 0 Å². The monoisotopic (exact) mass is 249 g/mol. The summed E-state index contributed by atoms with van der Waals surface area (Å²) >= 11 is 0. The molecular formula is C16H27NO. The lowest BCUT2D eigenvalue weighted by atomic mass is 10.1. The highest BCUT2D eigenvalue weighted by molar-refractivity contribution is 5.35. The topological polar surface area (TPSA) is 21.3 Å². The Morgan fingerprint density at radius 3 is 2.67 bits per heavy atom. The van der Waals surface area contributed by atoms with Gasteiger partial charge < -0.3 is 10.1 Å². The first-order valence-electron chi connectivity index (χ1n) is 7.07. The number of rotatable bonds is 8. The van der Waals surface area contributed by atoms with Crippen LogP contribution in [0.3, 0.4) is 0 Å². The molecule has 0 heterocycles. The molecule has 0 bridgehead atoms. The lowest BCUT2D eigenvalue weighted by Crippen LogP contribution is -2.25. The van der Waals surface area contributed by atoms with Crippen molar-refractivity contribution in [2.24, 2.45) is 0 Å². The lowest BCUT2D eigenvalue weighted by molar-refractivity contribution is 0.300. The van der Waals surface area contributed by atoms with Crippen molar-refractivity contribution in [1.29, 1.82) is 0 Å². The molecule has 2 nitrogen and oxygen atoms in total. The summed E-state index contributed by atoms with van der Waals surface area (Å²) in [5.74, 6) is 1.03. The van der Waals surface area contributed by atoms with Crippen LogP contribution in [-0.2, 0) is 0 Å². The summed E-state index contributed by atoms with van der Waals surface area (Å²) < 4.78 is 5.81. The molecule has 0 fully saturated rings. The molecule has 0 amide bonds. The van der Waals surface area contributed by atoms with Crippen LogP contribution in [0.1, 0.15) is 44.2 Å².